The maximum absolute atomic E-state index is 13.0. The largest absolute Gasteiger partial charge is 0.322 e. The van der Waals surface area contributed by atoms with E-state index in [1.165, 1.54) is 0 Å². The smallest absolute Gasteiger partial charge is 0.318 e. The lowest BCUT2D eigenvalue weighted by Gasteiger charge is -2.27. The summed E-state index contributed by atoms with van der Waals surface area (Å²) in [5.74, 6) is 0. The van der Waals surface area contributed by atoms with Crippen LogP contribution in [0.25, 0.3) is 5.69 Å². The number of anilines is 1. The second-order valence-corrected chi connectivity index (χ2v) is 7.09. The Morgan fingerprint density at radius 1 is 1.12 bits per heavy atom. The van der Waals surface area contributed by atoms with E-state index >= 15 is 0 Å². The van der Waals surface area contributed by atoms with Crippen molar-refractivity contribution in [2.45, 2.75) is 19.5 Å². The minimum Gasteiger partial charge on any atom is -0.318 e. The van der Waals surface area contributed by atoms with Crippen molar-refractivity contribution in [2.24, 2.45) is 0 Å². The number of hydrogen-bond acceptors (Lipinski definition) is 1. The molecule has 2 heterocycles. The third kappa shape index (κ3) is 2.96. The Kier molecular flexibility index (Phi) is 4.09. The number of carbonyl (C=O) groups excluding carboxylic acids is 1. The predicted molar refractivity (Wildman–Crippen MR) is 103 cm³/mol. The minimum atomic E-state index is -0.102. The van der Waals surface area contributed by atoms with Gasteiger partial charge >= 0.3 is 6.03 Å². The molecule has 126 valence electrons. The molecule has 1 atom stereocenters. The number of rotatable bonds is 1. The van der Waals surface area contributed by atoms with Gasteiger partial charge in [0.1, 0.15) is 0 Å². The van der Waals surface area contributed by atoms with Gasteiger partial charge in [0.05, 0.1) is 18.3 Å². The highest BCUT2D eigenvalue weighted by Crippen LogP contribution is 2.32. The first-order valence-corrected chi connectivity index (χ1v) is 9.01. The highest BCUT2D eigenvalue weighted by Gasteiger charge is 2.28. The van der Waals surface area contributed by atoms with E-state index in [2.05, 4.69) is 57.1 Å². The van der Waals surface area contributed by atoms with Crippen LogP contribution in [0.5, 0.6) is 0 Å². The molecule has 0 bridgehead atoms. The summed E-state index contributed by atoms with van der Waals surface area (Å²) in [5, 5.41) is 3.01. The molecule has 4 rings (SSSR count). The van der Waals surface area contributed by atoms with Gasteiger partial charge in [0.25, 0.3) is 0 Å². The Hall–Kier alpha value is -2.53. The third-order valence-corrected chi connectivity index (χ3v) is 5.10. The van der Waals surface area contributed by atoms with Crippen LogP contribution in [0, 0.1) is 0 Å². The van der Waals surface area contributed by atoms with Gasteiger partial charge in [-0.25, -0.2) is 4.79 Å². The van der Waals surface area contributed by atoms with Crippen molar-refractivity contribution in [1.29, 1.82) is 0 Å². The first-order chi connectivity index (χ1) is 12.1. The fourth-order valence-electron chi connectivity index (χ4n) is 3.32. The molecule has 5 heteroatoms. The average Bonchev–Trinajstić information content (AvgIpc) is 3.05. The molecular weight excluding hydrogens is 378 g/mol. The molecule has 0 saturated carbocycles. The van der Waals surface area contributed by atoms with E-state index in [9.17, 15) is 4.79 Å². The maximum Gasteiger partial charge on any atom is 0.322 e. The van der Waals surface area contributed by atoms with Crippen LogP contribution >= 0.6 is 15.9 Å². The molecule has 0 unspecified atom stereocenters. The number of nitrogens with zero attached hydrogens (tertiary/aromatic N) is 2. The number of urea groups is 1. The summed E-state index contributed by atoms with van der Waals surface area (Å²) in [5.41, 5.74) is 4.15. The monoisotopic (exact) mass is 395 g/mol. The van der Waals surface area contributed by atoms with Crippen molar-refractivity contribution >= 4 is 27.6 Å². The van der Waals surface area contributed by atoms with Crippen LogP contribution in [-0.2, 0) is 6.54 Å². The van der Waals surface area contributed by atoms with Gasteiger partial charge in [-0.3, -0.25) is 0 Å². The normalized spacial score (nSPS) is 15.9. The number of amides is 2. The molecule has 1 aliphatic rings. The Balaban J connectivity index is 1.70. The standard InChI is InChI=1S/C20H18BrN3O/c1-14-18-10-5-11-23(18)19-9-3-2-6-15(19)13-24(14)20(25)22-17-8-4-7-16(21)12-17/h2-12,14H,13H2,1H3,(H,22,25)/t14-/m1/s1. The summed E-state index contributed by atoms with van der Waals surface area (Å²) in [4.78, 5) is 14.8. The Labute approximate surface area is 155 Å². The van der Waals surface area contributed by atoms with E-state index in [-0.39, 0.29) is 12.1 Å². The number of nitrogens with one attached hydrogen (secondary N) is 1. The highest BCUT2D eigenvalue weighted by molar-refractivity contribution is 9.10. The van der Waals surface area contributed by atoms with Crippen LogP contribution in [0.4, 0.5) is 10.5 Å². The second kappa shape index (κ2) is 6.41. The quantitative estimate of drug-likeness (QED) is 0.592. The third-order valence-electron chi connectivity index (χ3n) is 4.60. The predicted octanol–water partition coefficient (Wildman–Crippen LogP) is 5.35. The average molecular weight is 396 g/mol. The molecule has 0 aliphatic carbocycles. The Bertz CT molecular complexity index is 934. The zero-order chi connectivity index (χ0) is 17.4. The van der Waals surface area contributed by atoms with Crippen molar-refractivity contribution < 1.29 is 4.79 Å². The molecule has 4 nitrogen and oxygen atoms in total. The number of hydrogen-bond donors (Lipinski definition) is 1. The van der Waals surface area contributed by atoms with Crippen LogP contribution in [0.1, 0.15) is 24.2 Å². The number of para-hydroxylation sites is 1. The van der Waals surface area contributed by atoms with Crippen molar-refractivity contribution in [1.82, 2.24) is 9.47 Å². The SMILES string of the molecule is C[C@@H]1c2cccn2-c2ccccc2CN1C(=O)Nc1cccc(Br)c1. The highest BCUT2D eigenvalue weighted by atomic mass is 79.9. The van der Waals surface area contributed by atoms with Gasteiger partial charge in [0, 0.05) is 22.1 Å². The fourth-order valence-corrected chi connectivity index (χ4v) is 3.72. The van der Waals surface area contributed by atoms with E-state index in [1.54, 1.807) is 0 Å². The van der Waals surface area contributed by atoms with Gasteiger partial charge in [0.2, 0.25) is 0 Å². The van der Waals surface area contributed by atoms with Crippen molar-refractivity contribution in [3.63, 3.8) is 0 Å². The maximum atomic E-state index is 13.0. The molecular formula is C20H18BrN3O. The Morgan fingerprint density at radius 2 is 1.96 bits per heavy atom. The number of aromatic nitrogens is 1. The van der Waals surface area contributed by atoms with Gasteiger partial charge < -0.3 is 14.8 Å². The van der Waals surface area contributed by atoms with Crippen LogP contribution in [0.15, 0.2) is 71.3 Å². The number of fused-ring (bicyclic) bond motifs is 3. The summed E-state index contributed by atoms with van der Waals surface area (Å²) >= 11 is 3.44. The molecule has 1 aliphatic heterocycles. The number of carbonyl (C=O) groups is 1. The molecule has 3 aromatic rings. The lowest BCUT2D eigenvalue weighted by molar-refractivity contribution is 0.189. The molecule has 1 N–H and O–H groups in total. The lowest BCUT2D eigenvalue weighted by atomic mass is 10.1. The molecule has 0 fully saturated rings. The van der Waals surface area contributed by atoms with Crippen LogP contribution in [0.2, 0.25) is 0 Å². The summed E-state index contributed by atoms with van der Waals surface area (Å²) in [7, 11) is 0. The number of halogens is 1. The first-order valence-electron chi connectivity index (χ1n) is 8.22. The van der Waals surface area contributed by atoms with Crippen molar-refractivity contribution in [2.75, 3.05) is 5.32 Å². The summed E-state index contributed by atoms with van der Waals surface area (Å²) in [6, 6.07) is 19.8. The van der Waals surface area contributed by atoms with Gasteiger partial charge in [-0.1, -0.05) is 40.2 Å². The van der Waals surface area contributed by atoms with Crippen molar-refractivity contribution in [3.05, 3.63) is 82.6 Å². The Morgan fingerprint density at radius 3 is 2.80 bits per heavy atom. The molecule has 2 amide bonds. The van der Waals surface area contributed by atoms with E-state index in [0.29, 0.717) is 6.54 Å². The second-order valence-electron chi connectivity index (χ2n) is 6.18. The van der Waals surface area contributed by atoms with Gasteiger partial charge in [-0.2, -0.15) is 0 Å². The van der Waals surface area contributed by atoms with E-state index < -0.39 is 0 Å². The van der Waals surface area contributed by atoms with Gasteiger partial charge in [0.15, 0.2) is 0 Å². The van der Waals surface area contributed by atoms with Crippen LogP contribution < -0.4 is 5.32 Å². The van der Waals surface area contributed by atoms with Crippen molar-refractivity contribution in [3.8, 4) is 5.69 Å². The molecule has 0 saturated heterocycles. The first kappa shape index (κ1) is 16.0. The molecule has 25 heavy (non-hydrogen) atoms. The summed E-state index contributed by atoms with van der Waals surface area (Å²) in [6.07, 6.45) is 2.06. The topological polar surface area (TPSA) is 37.3 Å². The lowest BCUT2D eigenvalue weighted by Crippen LogP contribution is -2.36. The summed E-state index contributed by atoms with van der Waals surface area (Å²) in [6.45, 7) is 2.64. The van der Waals surface area contributed by atoms with E-state index in [4.69, 9.17) is 0 Å². The van der Waals surface area contributed by atoms with Crippen LogP contribution in [-0.4, -0.2) is 15.5 Å². The summed E-state index contributed by atoms with van der Waals surface area (Å²) < 4.78 is 3.11. The molecule has 0 radical (unpaired) electrons. The van der Waals surface area contributed by atoms with E-state index in [1.807, 2.05) is 47.4 Å². The van der Waals surface area contributed by atoms with E-state index in [0.717, 1.165) is 27.1 Å². The minimum absolute atomic E-state index is 0.0328. The van der Waals surface area contributed by atoms with Gasteiger partial charge in [-0.05, 0) is 48.9 Å². The zero-order valence-electron chi connectivity index (χ0n) is 13.8. The fraction of sp³-hybridized carbons (Fsp3) is 0.150. The molecule has 2 aromatic carbocycles. The number of benzene rings is 2. The molecule has 1 aromatic heterocycles. The van der Waals surface area contributed by atoms with Crippen LogP contribution in [0.3, 0.4) is 0 Å². The zero-order valence-corrected chi connectivity index (χ0v) is 15.4. The molecule has 0 spiro atoms. The van der Waals surface area contributed by atoms with Gasteiger partial charge in [-0.15, -0.1) is 0 Å².